The molecule has 0 atom stereocenters. The molecule has 0 saturated carbocycles. The number of carbonyl (C=O) groups is 1. The summed E-state index contributed by atoms with van der Waals surface area (Å²) in [4.78, 5) is 11.7. The molecule has 0 radical (unpaired) electrons. The van der Waals surface area contributed by atoms with Gasteiger partial charge in [0.25, 0.3) is 0 Å². The molecule has 0 saturated heterocycles. The molecule has 0 unspecified atom stereocenters. The smallest absolute Gasteiger partial charge is 0.220 e. The van der Waals surface area contributed by atoms with E-state index in [1.54, 1.807) is 6.26 Å². The summed E-state index contributed by atoms with van der Waals surface area (Å²) in [6, 6.07) is 3.71. The number of carbonyl (C=O) groups excluding carboxylic acids is 1. The van der Waals surface area contributed by atoms with E-state index in [0.717, 1.165) is 25.0 Å². The molecule has 1 aromatic rings. The molecule has 1 rings (SSSR count). The summed E-state index contributed by atoms with van der Waals surface area (Å²) in [5, 5.41) is 2.88. The predicted molar refractivity (Wildman–Crippen MR) is 101 cm³/mol. The van der Waals surface area contributed by atoms with E-state index >= 15 is 0 Å². The minimum absolute atomic E-state index is 0.116. The molecule has 0 fully saturated rings. The molecular weight excluding hydrogens is 298 g/mol. The number of allylic oxidation sites excluding steroid dienone is 2. The van der Waals surface area contributed by atoms with Crippen molar-refractivity contribution in [3.8, 4) is 0 Å². The van der Waals surface area contributed by atoms with Gasteiger partial charge in [-0.05, 0) is 44.2 Å². The highest BCUT2D eigenvalue weighted by molar-refractivity contribution is 5.75. The lowest BCUT2D eigenvalue weighted by atomic mass is 10.1. The molecule has 1 heterocycles. The van der Waals surface area contributed by atoms with Gasteiger partial charge in [0, 0.05) is 6.42 Å². The molecule has 3 heteroatoms. The lowest BCUT2D eigenvalue weighted by molar-refractivity contribution is -0.121. The molecule has 1 amide bonds. The fourth-order valence-electron chi connectivity index (χ4n) is 2.69. The van der Waals surface area contributed by atoms with Gasteiger partial charge in [0.05, 0.1) is 12.8 Å². The lowest BCUT2D eigenvalue weighted by Gasteiger charge is -2.03. The van der Waals surface area contributed by atoms with E-state index in [2.05, 4.69) is 24.4 Å². The molecule has 136 valence electrons. The van der Waals surface area contributed by atoms with Gasteiger partial charge in [-0.25, -0.2) is 0 Å². The zero-order valence-corrected chi connectivity index (χ0v) is 15.4. The van der Waals surface area contributed by atoms with E-state index in [1.807, 2.05) is 12.1 Å². The molecule has 1 aromatic heterocycles. The Balaban J connectivity index is 1.82. The summed E-state index contributed by atoms with van der Waals surface area (Å²) in [7, 11) is 0. The van der Waals surface area contributed by atoms with Crippen molar-refractivity contribution in [3.05, 3.63) is 36.3 Å². The van der Waals surface area contributed by atoms with Crippen LogP contribution in [0.3, 0.4) is 0 Å². The fourth-order valence-corrected chi connectivity index (χ4v) is 2.69. The summed E-state index contributed by atoms with van der Waals surface area (Å²) in [5.41, 5.74) is 0. The van der Waals surface area contributed by atoms with Crippen LogP contribution in [0.4, 0.5) is 0 Å². The average molecular weight is 334 g/mol. The highest BCUT2D eigenvalue weighted by atomic mass is 16.3. The Hall–Kier alpha value is -1.51. The summed E-state index contributed by atoms with van der Waals surface area (Å²) in [6.45, 7) is 2.75. The second-order valence-electron chi connectivity index (χ2n) is 6.48. The SMILES string of the molecule is CCCCCCCC/C=C/CCCCCC(=O)NCc1ccco1. The van der Waals surface area contributed by atoms with Crippen molar-refractivity contribution in [2.45, 2.75) is 90.5 Å². The zero-order chi connectivity index (χ0) is 17.3. The number of unbranched alkanes of at least 4 members (excludes halogenated alkanes) is 9. The number of hydrogen-bond donors (Lipinski definition) is 1. The van der Waals surface area contributed by atoms with Gasteiger partial charge >= 0.3 is 0 Å². The van der Waals surface area contributed by atoms with Crippen LogP contribution in [-0.4, -0.2) is 5.91 Å². The summed E-state index contributed by atoms with van der Waals surface area (Å²) >= 11 is 0. The normalized spacial score (nSPS) is 11.2. The van der Waals surface area contributed by atoms with Crippen molar-refractivity contribution in [1.29, 1.82) is 0 Å². The molecule has 1 N–H and O–H groups in total. The van der Waals surface area contributed by atoms with Gasteiger partial charge in [-0.1, -0.05) is 57.6 Å². The number of rotatable bonds is 15. The first-order valence-electron chi connectivity index (χ1n) is 9.77. The lowest BCUT2D eigenvalue weighted by Crippen LogP contribution is -2.21. The first kappa shape index (κ1) is 20.5. The molecule has 0 aromatic carbocycles. The first-order chi connectivity index (χ1) is 11.8. The van der Waals surface area contributed by atoms with E-state index in [9.17, 15) is 4.79 Å². The minimum Gasteiger partial charge on any atom is -0.467 e. The summed E-state index contributed by atoms with van der Waals surface area (Å²) in [5.74, 6) is 0.920. The molecule has 0 aliphatic rings. The van der Waals surface area contributed by atoms with E-state index in [0.29, 0.717) is 13.0 Å². The maximum Gasteiger partial charge on any atom is 0.220 e. The van der Waals surface area contributed by atoms with E-state index in [1.165, 1.54) is 51.4 Å². The number of hydrogen-bond acceptors (Lipinski definition) is 2. The topological polar surface area (TPSA) is 42.2 Å². The van der Waals surface area contributed by atoms with Crippen LogP contribution in [0, 0.1) is 0 Å². The van der Waals surface area contributed by atoms with Gasteiger partial charge in [-0.2, -0.15) is 0 Å². The molecule has 0 aliphatic carbocycles. The first-order valence-corrected chi connectivity index (χ1v) is 9.77. The van der Waals surface area contributed by atoms with Crippen LogP contribution in [-0.2, 0) is 11.3 Å². The molecular formula is C21H35NO2. The Morgan fingerprint density at radius 3 is 2.33 bits per heavy atom. The van der Waals surface area contributed by atoms with Crippen LogP contribution in [0.25, 0.3) is 0 Å². The molecule has 0 aliphatic heterocycles. The van der Waals surface area contributed by atoms with Crippen LogP contribution in [0.5, 0.6) is 0 Å². The highest BCUT2D eigenvalue weighted by Gasteiger charge is 2.02. The monoisotopic (exact) mass is 333 g/mol. The third kappa shape index (κ3) is 12.0. The predicted octanol–water partition coefficient (Wildman–Crippen LogP) is 6.15. The van der Waals surface area contributed by atoms with Crippen LogP contribution in [0.1, 0.15) is 89.7 Å². The van der Waals surface area contributed by atoms with Gasteiger partial charge in [0.1, 0.15) is 5.76 Å². The fraction of sp³-hybridized carbons (Fsp3) is 0.667. The third-order valence-electron chi connectivity index (χ3n) is 4.21. The summed E-state index contributed by atoms with van der Waals surface area (Å²) < 4.78 is 5.18. The second kappa shape index (κ2) is 15.0. The molecule has 0 bridgehead atoms. The number of amides is 1. The van der Waals surface area contributed by atoms with Crippen LogP contribution in [0.2, 0.25) is 0 Å². The van der Waals surface area contributed by atoms with E-state index < -0.39 is 0 Å². The molecule has 3 nitrogen and oxygen atoms in total. The maximum atomic E-state index is 11.7. The maximum absolute atomic E-state index is 11.7. The van der Waals surface area contributed by atoms with Gasteiger partial charge in [0.15, 0.2) is 0 Å². The Morgan fingerprint density at radius 2 is 1.67 bits per heavy atom. The van der Waals surface area contributed by atoms with Crippen molar-refractivity contribution in [1.82, 2.24) is 5.32 Å². The number of nitrogens with one attached hydrogen (secondary N) is 1. The van der Waals surface area contributed by atoms with Crippen molar-refractivity contribution in [2.24, 2.45) is 0 Å². The Kier molecular flexibility index (Phi) is 12.9. The van der Waals surface area contributed by atoms with Crippen LogP contribution in [0.15, 0.2) is 35.0 Å². The van der Waals surface area contributed by atoms with Gasteiger partial charge in [-0.3, -0.25) is 4.79 Å². The quantitative estimate of drug-likeness (QED) is 0.309. The van der Waals surface area contributed by atoms with Crippen molar-refractivity contribution >= 4 is 5.91 Å². The van der Waals surface area contributed by atoms with Crippen molar-refractivity contribution < 1.29 is 9.21 Å². The largest absolute Gasteiger partial charge is 0.467 e. The minimum atomic E-state index is 0.116. The standard InChI is InChI=1S/C21H35NO2/c1-2-3-4-5-6-7-8-9-10-11-12-13-14-17-21(23)22-19-20-16-15-18-24-20/h9-10,15-16,18H,2-8,11-14,17,19H2,1H3,(H,22,23)/b10-9+. The van der Waals surface area contributed by atoms with Crippen molar-refractivity contribution in [3.63, 3.8) is 0 Å². The Morgan fingerprint density at radius 1 is 1.00 bits per heavy atom. The Bertz CT molecular complexity index is 423. The van der Waals surface area contributed by atoms with Crippen LogP contribution >= 0.6 is 0 Å². The molecule has 24 heavy (non-hydrogen) atoms. The third-order valence-corrected chi connectivity index (χ3v) is 4.21. The van der Waals surface area contributed by atoms with Crippen molar-refractivity contribution in [2.75, 3.05) is 0 Å². The van der Waals surface area contributed by atoms with Gasteiger partial charge in [-0.15, -0.1) is 0 Å². The van der Waals surface area contributed by atoms with Crippen LogP contribution < -0.4 is 5.32 Å². The molecule has 0 spiro atoms. The number of furan rings is 1. The second-order valence-corrected chi connectivity index (χ2v) is 6.48. The van der Waals surface area contributed by atoms with E-state index in [-0.39, 0.29) is 5.91 Å². The highest BCUT2D eigenvalue weighted by Crippen LogP contribution is 2.08. The van der Waals surface area contributed by atoms with Gasteiger partial charge < -0.3 is 9.73 Å². The zero-order valence-electron chi connectivity index (χ0n) is 15.4. The average Bonchev–Trinajstić information content (AvgIpc) is 3.10. The summed E-state index contributed by atoms with van der Waals surface area (Å²) in [6.07, 6.45) is 20.7. The van der Waals surface area contributed by atoms with E-state index in [4.69, 9.17) is 4.42 Å². The Labute approximate surface area is 147 Å². The van der Waals surface area contributed by atoms with Gasteiger partial charge in [0.2, 0.25) is 5.91 Å².